The quantitative estimate of drug-likeness (QED) is 0.830. The lowest BCUT2D eigenvalue weighted by Gasteiger charge is -2.42. The van der Waals surface area contributed by atoms with Crippen LogP contribution in [0.5, 0.6) is 0 Å². The maximum absolute atomic E-state index is 13.1. The van der Waals surface area contributed by atoms with E-state index in [1.807, 2.05) is 0 Å². The van der Waals surface area contributed by atoms with Gasteiger partial charge in [-0.25, -0.2) is 4.79 Å². The Labute approximate surface area is 125 Å². The van der Waals surface area contributed by atoms with E-state index in [9.17, 15) is 9.59 Å². The monoisotopic (exact) mass is 296 g/mol. The molecule has 0 spiro atoms. The van der Waals surface area contributed by atoms with Crippen molar-refractivity contribution in [3.05, 3.63) is 0 Å². The Kier molecular flexibility index (Phi) is 4.17. The molecule has 3 aliphatic rings. The highest BCUT2D eigenvalue weighted by Gasteiger charge is 2.49. The van der Waals surface area contributed by atoms with Gasteiger partial charge in [0.05, 0.1) is 13.2 Å². The van der Waals surface area contributed by atoms with Crippen molar-refractivity contribution in [3.8, 4) is 0 Å². The normalized spacial score (nSPS) is 29.7. The molecule has 3 rings (SSSR count). The second-order valence-corrected chi connectivity index (χ2v) is 6.38. The number of morpholine rings is 1. The number of hydrogen-bond acceptors (Lipinski definition) is 4. The molecule has 6 heteroatoms. The number of nitrogens with zero attached hydrogens (tertiary/aromatic N) is 2. The number of amides is 1. The first kappa shape index (κ1) is 14.8. The van der Waals surface area contributed by atoms with Gasteiger partial charge in [0.15, 0.2) is 6.10 Å². The molecular formula is C15H24N2O4. The molecule has 2 saturated heterocycles. The predicted molar refractivity (Wildman–Crippen MR) is 76.0 cm³/mol. The number of carboxylic acids is 1. The van der Waals surface area contributed by atoms with E-state index in [-0.39, 0.29) is 18.0 Å². The van der Waals surface area contributed by atoms with Crippen LogP contribution in [-0.2, 0) is 14.3 Å². The molecular weight excluding hydrogens is 272 g/mol. The number of rotatable bonds is 3. The zero-order valence-electron chi connectivity index (χ0n) is 12.4. The molecule has 1 unspecified atom stereocenters. The van der Waals surface area contributed by atoms with E-state index in [4.69, 9.17) is 9.84 Å². The highest BCUT2D eigenvalue weighted by Crippen LogP contribution is 2.39. The van der Waals surface area contributed by atoms with Crippen LogP contribution in [0.15, 0.2) is 0 Å². The van der Waals surface area contributed by atoms with Gasteiger partial charge in [-0.1, -0.05) is 12.8 Å². The van der Waals surface area contributed by atoms with Gasteiger partial charge in [0.2, 0.25) is 5.91 Å². The van der Waals surface area contributed by atoms with E-state index < -0.39 is 12.1 Å². The maximum atomic E-state index is 13.1. The molecule has 118 valence electrons. The number of likely N-dealkylation sites (tertiary alicyclic amines) is 1. The summed E-state index contributed by atoms with van der Waals surface area (Å²) in [6.45, 7) is 3.01. The first-order valence-corrected chi connectivity index (χ1v) is 8.02. The number of carbonyl (C=O) groups is 2. The minimum Gasteiger partial charge on any atom is -0.479 e. The Morgan fingerprint density at radius 1 is 1.05 bits per heavy atom. The summed E-state index contributed by atoms with van der Waals surface area (Å²) in [5.41, 5.74) is -0.364. The lowest BCUT2D eigenvalue weighted by molar-refractivity contribution is -0.163. The van der Waals surface area contributed by atoms with Crippen molar-refractivity contribution in [2.75, 3.05) is 32.8 Å². The van der Waals surface area contributed by atoms with Crippen molar-refractivity contribution in [2.24, 2.45) is 0 Å². The molecule has 6 nitrogen and oxygen atoms in total. The Hall–Kier alpha value is -1.14. The first-order valence-electron chi connectivity index (χ1n) is 8.02. The summed E-state index contributed by atoms with van der Waals surface area (Å²) < 4.78 is 5.23. The predicted octanol–water partition coefficient (Wildman–Crippen LogP) is 0.707. The van der Waals surface area contributed by atoms with Crippen LogP contribution in [0.25, 0.3) is 0 Å². The van der Waals surface area contributed by atoms with Crippen LogP contribution in [-0.4, -0.2) is 71.2 Å². The second kappa shape index (κ2) is 5.93. The van der Waals surface area contributed by atoms with Gasteiger partial charge in [0, 0.05) is 6.54 Å². The Bertz CT molecular complexity index is 414. The fourth-order valence-corrected chi connectivity index (χ4v) is 4.05. The standard InChI is InChI=1S/C15H24N2O4/c18-13(19)12-11-16(9-10-21-12)14(20)15(5-1-2-6-15)17-7-3-4-8-17/h12H,1-11H2,(H,18,19). The molecule has 2 heterocycles. The summed E-state index contributed by atoms with van der Waals surface area (Å²) in [5, 5.41) is 9.11. The van der Waals surface area contributed by atoms with Gasteiger partial charge < -0.3 is 14.7 Å². The fraction of sp³-hybridized carbons (Fsp3) is 0.867. The largest absolute Gasteiger partial charge is 0.479 e. The number of aliphatic carboxylic acids is 1. The molecule has 1 aliphatic carbocycles. The minimum atomic E-state index is -0.978. The highest BCUT2D eigenvalue weighted by molar-refractivity contribution is 5.87. The van der Waals surface area contributed by atoms with E-state index in [1.54, 1.807) is 4.90 Å². The Morgan fingerprint density at radius 3 is 2.33 bits per heavy atom. The molecule has 0 aromatic carbocycles. The van der Waals surface area contributed by atoms with Crippen LogP contribution in [0.4, 0.5) is 0 Å². The summed E-state index contributed by atoms with van der Waals surface area (Å²) in [6.07, 6.45) is 5.47. The summed E-state index contributed by atoms with van der Waals surface area (Å²) in [7, 11) is 0. The number of ether oxygens (including phenoxy) is 1. The Balaban J connectivity index is 1.76. The Morgan fingerprint density at radius 2 is 1.71 bits per heavy atom. The van der Waals surface area contributed by atoms with E-state index in [2.05, 4.69) is 4.90 Å². The molecule has 0 aromatic heterocycles. The van der Waals surface area contributed by atoms with Crippen LogP contribution in [0.2, 0.25) is 0 Å². The average Bonchev–Trinajstić information content (AvgIpc) is 3.18. The third-order valence-corrected chi connectivity index (χ3v) is 5.17. The molecule has 3 fully saturated rings. The summed E-state index contributed by atoms with van der Waals surface area (Å²) in [5.74, 6) is -0.842. The van der Waals surface area contributed by atoms with Crippen molar-refractivity contribution in [3.63, 3.8) is 0 Å². The van der Waals surface area contributed by atoms with Gasteiger partial charge in [0.25, 0.3) is 0 Å². The molecule has 1 saturated carbocycles. The van der Waals surface area contributed by atoms with Crippen LogP contribution >= 0.6 is 0 Å². The molecule has 0 aromatic rings. The van der Waals surface area contributed by atoms with Gasteiger partial charge in [-0.3, -0.25) is 9.69 Å². The van der Waals surface area contributed by atoms with Crippen molar-refractivity contribution >= 4 is 11.9 Å². The highest BCUT2D eigenvalue weighted by atomic mass is 16.5. The third kappa shape index (κ3) is 2.66. The van der Waals surface area contributed by atoms with Crippen molar-refractivity contribution < 1.29 is 19.4 Å². The summed E-state index contributed by atoms with van der Waals surface area (Å²) in [6, 6.07) is 0. The van der Waals surface area contributed by atoms with Gasteiger partial charge in [-0.05, 0) is 38.8 Å². The van der Waals surface area contributed by atoms with Crippen molar-refractivity contribution in [1.82, 2.24) is 9.80 Å². The number of carbonyl (C=O) groups excluding carboxylic acids is 1. The van der Waals surface area contributed by atoms with Gasteiger partial charge >= 0.3 is 5.97 Å². The van der Waals surface area contributed by atoms with E-state index >= 15 is 0 Å². The SMILES string of the molecule is O=C(O)C1CN(C(=O)C2(N3CCCC3)CCCC2)CCO1. The lowest BCUT2D eigenvalue weighted by atomic mass is 9.92. The van der Waals surface area contributed by atoms with Crippen LogP contribution in [0.3, 0.4) is 0 Å². The lowest BCUT2D eigenvalue weighted by Crippen LogP contribution is -2.60. The molecule has 0 bridgehead atoms. The molecule has 0 radical (unpaired) electrons. The van der Waals surface area contributed by atoms with E-state index in [0.29, 0.717) is 13.2 Å². The van der Waals surface area contributed by atoms with Gasteiger partial charge in [0.1, 0.15) is 5.54 Å². The van der Waals surface area contributed by atoms with Crippen LogP contribution < -0.4 is 0 Å². The van der Waals surface area contributed by atoms with Crippen LogP contribution in [0, 0.1) is 0 Å². The minimum absolute atomic E-state index is 0.136. The molecule has 1 N–H and O–H groups in total. The van der Waals surface area contributed by atoms with E-state index in [0.717, 1.165) is 51.6 Å². The van der Waals surface area contributed by atoms with Gasteiger partial charge in [-0.2, -0.15) is 0 Å². The van der Waals surface area contributed by atoms with E-state index in [1.165, 1.54) is 0 Å². The number of carboxylic acid groups (broad SMARTS) is 1. The number of hydrogen-bond donors (Lipinski definition) is 1. The van der Waals surface area contributed by atoms with Gasteiger partial charge in [-0.15, -0.1) is 0 Å². The summed E-state index contributed by atoms with van der Waals surface area (Å²) >= 11 is 0. The smallest absolute Gasteiger partial charge is 0.334 e. The van der Waals surface area contributed by atoms with Crippen molar-refractivity contribution in [1.29, 1.82) is 0 Å². The third-order valence-electron chi connectivity index (χ3n) is 5.17. The zero-order valence-corrected chi connectivity index (χ0v) is 12.4. The average molecular weight is 296 g/mol. The molecule has 2 aliphatic heterocycles. The van der Waals surface area contributed by atoms with Crippen LogP contribution in [0.1, 0.15) is 38.5 Å². The maximum Gasteiger partial charge on any atom is 0.334 e. The molecule has 1 atom stereocenters. The molecule has 1 amide bonds. The van der Waals surface area contributed by atoms with Crippen molar-refractivity contribution in [2.45, 2.75) is 50.2 Å². The summed E-state index contributed by atoms with van der Waals surface area (Å²) in [4.78, 5) is 28.3. The molecule has 21 heavy (non-hydrogen) atoms. The topological polar surface area (TPSA) is 70.1 Å². The zero-order chi connectivity index (χ0) is 14.9. The fourth-order valence-electron chi connectivity index (χ4n) is 4.05. The second-order valence-electron chi connectivity index (χ2n) is 6.38. The first-order chi connectivity index (χ1) is 10.1.